The molecule has 2 saturated heterocycles. The number of hydrogen-bond donors (Lipinski definition) is 0. The molecule has 3 heterocycles. The molecule has 1 aromatic rings. The number of methoxy groups -OCH3 is 1. The number of imide groups is 1. The summed E-state index contributed by atoms with van der Waals surface area (Å²) < 4.78 is 21.3. The lowest BCUT2D eigenvalue weighted by molar-refractivity contribution is -0.384. The van der Waals surface area contributed by atoms with Crippen molar-refractivity contribution >= 4 is 35.1 Å². The van der Waals surface area contributed by atoms with Crippen LogP contribution in [0.2, 0.25) is 0 Å². The zero-order valence-corrected chi connectivity index (χ0v) is 17.2. The van der Waals surface area contributed by atoms with Crippen LogP contribution in [0.3, 0.4) is 0 Å². The fourth-order valence-corrected chi connectivity index (χ4v) is 4.42. The molecule has 2 bridgehead atoms. The number of anilines is 1. The quantitative estimate of drug-likeness (QED) is 0.154. The zero-order chi connectivity index (χ0) is 23.4. The lowest BCUT2D eigenvalue weighted by atomic mass is 9.76. The number of non-ortho nitro benzene ring substituents is 1. The third-order valence-corrected chi connectivity index (χ3v) is 5.61. The Morgan fingerprint density at radius 3 is 2.41 bits per heavy atom. The minimum absolute atomic E-state index is 0.0732. The number of ether oxygens (including phenoxy) is 4. The minimum Gasteiger partial charge on any atom is -0.495 e. The number of carbonyl (C=O) groups is 4. The highest BCUT2D eigenvalue weighted by Gasteiger charge is 2.72. The summed E-state index contributed by atoms with van der Waals surface area (Å²) in [4.78, 5) is 61.4. The highest BCUT2D eigenvalue weighted by molar-refractivity contribution is 6.24. The van der Waals surface area contributed by atoms with Gasteiger partial charge in [-0.1, -0.05) is 6.08 Å². The number of nitro groups is 1. The van der Waals surface area contributed by atoms with Gasteiger partial charge in [-0.3, -0.25) is 29.3 Å². The molecule has 0 N–H and O–H groups in total. The molecule has 0 aromatic heterocycles. The summed E-state index contributed by atoms with van der Waals surface area (Å²) in [6.07, 6.45) is 0.507. The summed E-state index contributed by atoms with van der Waals surface area (Å²) in [5.41, 5.74) is -2.16. The van der Waals surface area contributed by atoms with Gasteiger partial charge in [0.25, 0.3) is 12.0 Å². The number of hydrogen-bond acceptors (Lipinski definition) is 10. The van der Waals surface area contributed by atoms with E-state index in [2.05, 4.69) is 0 Å². The molecule has 3 aliphatic heterocycles. The van der Waals surface area contributed by atoms with Gasteiger partial charge in [-0.25, -0.2) is 4.90 Å². The normalized spacial score (nSPS) is 27.6. The molecule has 4 rings (SSSR count). The second kappa shape index (κ2) is 7.41. The highest BCUT2D eigenvalue weighted by Crippen LogP contribution is 2.55. The third-order valence-electron chi connectivity index (χ3n) is 5.61. The van der Waals surface area contributed by atoms with E-state index in [-0.39, 0.29) is 17.1 Å². The van der Waals surface area contributed by atoms with E-state index < -0.39 is 58.5 Å². The lowest BCUT2D eigenvalue weighted by Crippen LogP contribution is -2.52. The van der Waals surface area contributed by atoms with Crippen molar-refractivity contribution in [3.8, 4) is 5.75 Å². The number of amides is 2. The number of esters is 2. The van der Waals surface area contributed by atoms with Crippen LogP contribution in [0.5, 0.6) is 5.75 Å². The van der Waals surface area contributed by atoms with Gasteiger partial charge in [-0.2, -0.15) is 0 Å². The Morgan fingerprint density at radius 2 is 1.84 bits per heavy atom. The fraction of sp³-hybridized carbons (Fsp3) is 0.400. The van der Waals surface area contributed by atoms with Crippen LogP contribution in [-0.2, 0) is 33.4 Å². The molecule has 168 valence electrons. The smallest absolute Gasteiger partial charge is 0.305 e. The van der Waals surface area contributed by atoms with Gasteiger partial charge in [0.1, 0.15) is 11.4 Å². The molecule has 0 radical (unpaired) electrons. The van der Waals surface area contributed by atoms with Gasteiger partial charge in [-0.05, 0) is 12.1 Å². The van der Waals surface area contributed by atoms with Gasteiger partial charge >= 0.3 is 11.9 Å². The zero-order valence-electron chi connectivity index (χ0n) is 17.2. The Hall–Kier alpha value is -3.80. The largest absolute Gasteiger partial charge is 0.495 e. The Balaban J connectivity index is 1.79. The first-order chi connectivity index (χ1) is 15.1. The maximum absolute atomic E-state index is 13.5. The maximum atomic E-state index is 13.5. The van der Waals surface area contributed by atoms with E-state index in [0.717, 1.165) is 24.8 Å². The SMILES string of the molecule is COc1ccc([N+](=O)[O-])cc1N1C(=O)[C@@H]2[C@@H]3C=C[C@](C(OC(C)=O)OC(C)=O)(O3)[C@H]2C1=O. The Kier molecular flexibility index (Phi) is 4.96. The van der Waals surface area contributed by atoms with Crippen molar-refractivity contribution in [2.45, 2.75) is 31.8 Å². The van der Waals surface area contributed by atoms with E-state index in [4.69, 9.17) is 18.9 Å². The van der Waals surface area contributed by atoms with Crippen molar-refractivity contribution in [3.05, 3.63) is 40.5 Å². The second-order valence-corrected chi connectivity index (χ2v) is 7.47. The van der Waals surface area contributed by atoms with Crippen molar-refractivity contribution in [3.63, 3.8) is 0 Å². The van der Waals surface area contributed by atoms with Crippen LogP contribution in [0, 0.1) is 22.0 Å². The summed E-state index contributed by atoms with van der Waals surface area (Å²) in [5, 5.41) is 11.2. The summed E-state index contributed by atoms with van der Waals surface area (Å²) in [7, 11) is 1.30. The standard InChI is InChI=1S/C20H18N2O10/c1-9(23)30-19(31-10(2)24)20-7-6-14(32-20)15-16(20)18(26)21(17(15)25)12-8-11(22(27)28)4-5-13(12)29-3/h4-8,14-16,19H,1-3H3/t14-,15+,16+,20-/m0/s1. The number of rotatable bonds is 6. The van der Waals surface area contributed by atoms with E-state index in [0.29, 0.717) is 0 Å². The van der Waals surface area contributed by atoms with E-state index in [1.807, 2.05) is 0 Å². The number of carbonyl (C=O) groups excluding carboxylic acids is 4. The van der Waals surface area contributed by atoms with Crippen LogP contribution in [0.1, 0.15) is 13.8 Å². The minimum atomic E-state index is -1.72. The molecule has 0 aliphatic carbocycles. The first-order valence-corrected chi connectivity index (χ1v) is 9.52. The highest BCUT2D eigenvalue weighted by atomic mass is 16.7. The first kappa shape index (κ1) is 21.4. The second-order valence-electron chi connectivity index (χ2n) is 7.47. The first-order valence-electron chi connectivity index (χ1n) is 9.52. The van der Waals surface area contributed by atoms with Crippen LogP contribution in [0.4, 0.5) is 11.4 Å². The summed E-state index contributed by atoms with van der Waals surface area (Å²) in [5.74, 6) is -5.13. The number of fused-ring (bicyclic) bond motifs is 5. The summed E-state index contributed by atoms with van der Waals surface area (Å²) in [6.45, 7) is 2.19. The molecular formula is C20H18N2O10. The molecule has 2 fully saturated rings. The molecule has 2 amide bonds. The number of nitro benzene ring substituents is 1. The van der Waals surface area contributed by atoms with Crippen molar-refractivity contribution < 1.29 is 43.0 Å². The van der Waals surface area contributed by atoms with Gasteiger partial charge in [0, 0.05) is 26.0 Å². The van der Waals surface area contributed by atoms with Crippen molar-refractivity contribution in [2.24, 2.45) is 11.8 Å². The predicted molar refractivity (Wildman–Crippen MR) is 103 cm³/mol. The van der Waals surface area contributed by atoms with Gasteiger partial charge in [-0.15, -0.1) is 0 Å². The molecule has 0 unspecified atom stereocenters. The van der Waals surface area contributed by atoms with Crippen LogP contribution >= 0.6 is 0 Å². The molecule has 0 spiro atoms. The molecule has 1 aromatic carbocycles. The topological polar surface area (TPSA) is 152 Å². The molecule has 3 aliphatic rings. The van der Waals surface area contributed by atoms with E-state index in [1.165, 1.54) is 31.4 Å². The molecular weight excluding hydrogens is 428 g/mol. The monoisotopic (exact) mass is 446 g/mol. The van der Waals surface area contributed by atoms with Gasteiger partial charge in [0.05, 0.1) is 30.0 Å². The van der Waals surface area contributed by atoms with Gasteiger partial charge < -0.3 is 18.9 Å². The van der Waals surface area contributed by atoms with E-state index >= 15 is 0 Å². The number of nitrogens with zero attached hydrogens (tertiary/aromatic N) is 2. The molecule has 12 heteroatoms. The van der Waals surface area contributed by atoms with Crippen LogP contribution in [-0.4, -0.2) is 53.8 Å². The van der Waals surface area contributed by atoms with Crippen molar-refractivity contribution in [1.82, 2.24) is 0 Å². The predicted octanol–water partition coefficient (Wildman–Crippen LogP) is 0.869. The molecule has 0 saturated carbocycles. The van der Waals surface area contributed by atoms with Gasteiger partial charge in [0.2, 0.25) is 11.8 Å². The average molecular weight is 446 g/mol. The van der Waals surface area contributed by atoms with Crippen molar-refractivity contribution in [2.75, 3.05) is 12.0 Å². The number of benzene rings is 1. The van der Waals surface area contributed by atoms with Crippen LogP contribution in [0.15, 0.2) is 30.4 Å². The molecule has 4 atom stereocenters. The molecule has 12 nitrogen and oxygen atoms in total. The maximum Gasteiger partial charge on any atom is 0.305 e. The van der Waals surface area contributed by atoms with Crippen LogP contribution < -0.4 is 9.64 Å². The fourth-order valence-electron chi connectivity index (χ4n) is 4.42. The average Bonchev–Trinajstić information content (AvgIpc) is 3.37. The van der Waals surface area contributed by atoms with Crippen LogP contribution in [0.25, 0.3) is 0 Å². The third kappa shape index (κ3) is 3.02. The van der Waals surface area contributed by atoms with Crippen molar-refractivity contribution in [1.29, 1.82) is 0 Å². The Morgan fingerprint density at radius 1 is 1.19 bits per heavy atom. The van der Waals surface area contributed by atoms with E-state index in [9.17, 15) is 29.3 Å². The molecule has 32 heavy (non-hydrogen) atoms. The Labute approximate surface area is 180 Å². The lowest BCUT2D eigenvalue weighted by Gasteiger charge is -2.34. The summed E-state index contributed by atoms with van der Waals surface area (Å²) in [6, 6.07) is 3.53. The van der Waals surface area contributed by atoms with E-state index in [1.54, 1.807) is 0 Å². The van der Waals surface area contributed by atoms with Gasteiger partial charge in [0.15, 0.2) is 5.60 Å². The summed E-state index contributed by atoms with van der Waals surface area (Å²) >= 11 is 0. The Bertz CT molecular complexity index is 1070.